The van der Waals surface area contributed by atoms with Gasteiger partial charge >= 0.3 is 0 Å². The van der Waals surface area contributed by atoms with Gasteiger partial charge in [-0.2, -0.15) is 0 Å². The minimum Gasteiger partial charge on any atom is -0.889 e. The van der Waals surface area contributed by atoms with E-state index in [0.717, 1.165) is 0 Å². The Balaban J connectivity index is 0. The topological polar surface area (TPSA) is 55.0 Å². The maximum Gasteiger partial charge on any atom is 0.193 e. The molecule has 0 radical (unpaired) electrons. The van der Waals surface area contributed by atoms with E-state index in [1.807, 2.05) is 0 Å². The zero-order valence-electron chi connectivity index (χ0n) is 21.5. The Bertz CT molecular complexity index is 564. The van der Waals surface area contributed by atoms with Crippen molar-refractivity contribution < 1.29 is 37.4 Å². The van der Waals surface area contributed by atoms with Gasteiger partial charge in [0.15, 0.2) is 17.5 Å². The maximum absolute atomic E-state index is 12.5. The fraction of sp³-hybridized carbons (Fsp3) is 0.750. The number of rotatable bonds is 13. The first-order valence-electron chi connectivity index (χ1n) is 12.5. The number of halogens is 4. The highest BCUT2D eigenvalue weighted by Crippen LogP contribution is 2.10. The number of benzene rings is 1. The molecule has 0 aliphatic carbocycles. The molecule has 0 atom stereocenters. The Morgan fingerprint density at radius 2 is 0.879 bits per heavy atom. The molecule has 194 valence electrons. The van der Waals surface area contributed by atoms with E-state index in [9.17, 15) is 27.6 Å². The van der Waals surface area contributed by atoms with E-state index in [1.54, 1.807) is 9.80 Å². The van der Waals surface area contributed by atoms with E-state index in [0.29, 0.717) is 0 Å². The van der Waals surface area contributed by atoms with E-state index >= 15 is 0 Å². The second-order valence-electron chi connectivity index (χ2n) is 8.21. The van der Waals surface area contributed by atoms with Crippen LogP contribution in [0.1, 0.15) is 80.1 Å². The lowest BCUT2D eigenvalue weighted by Crippen LogP contribution is -3.11. The molecule has 9 heteroatoms. The van der Waals surface area contributed by atoms with Gasteiger partial charge < -0.3 is 19.8 Å². The van der Waals surface area contributed by atoms with Gasteiger partial charge in [-0.25, -0.2) is 17.6 Å². The predicted octanol–water partition coefficient (Wildman–Crippen LogP) is 0.861. The van der Waals surface area contributed by atoms with Crippen molar-refractivity contribution in [3.05, 3.63) is 29.3 Å². The third kappa shape index (κ3) is 15.4. The van der Waals surface area contributed by atoms with Gasteiger partial charge in [-0.3, -0.25) is 0 Å². The van der Waals surface area contributed by atoms with Crippen LogP contribution in [0, 0.1) is 23.3 Å². The van der Waals surface area contributed by atoms with Crippen LogP contribution in [0.2, 0.25) is 0 Å². The monoisotopic (exact) mass is 480 g/mol. The van der Waals surface area contributed by atoms with E-state index < -0.39 is 35.9 Å². The second-order valence-corrected chi connectivity index (χ2v) is 8.21. The molecule has 0 aliphatic heterocycles. The van der Waals surface area contributed by atoms with Gasteiger partial charge in [0.05, 0.1) is 39.3 Å². The molecule has 0 saturated heterocycles. The van der Waals surface area contributed by atoms with Gasteiger partial charge in [0.1, 0.15) is 5.82 Å². The lowest BCUT2D eigenvalue weighted by atomic mass is 9.79. The van der Waals surface area contributed by atoms with Crippen LogP contribution in [0.3, 0.4) is 0 Å². The third-order valence-electron chi connectivity index (χ3n) is 5.01. The molecule has 0 heterocycles. The van der Waals surface area contributed by atoms with Crippen molar-refractivity contribution in [2.45, 2.75) is 80.1 Å². The largest absolute Gasteiger partial charge is 0.889 e. The molecule has 0 aromatic heterocycles. The lowest BCUT2D eigenvalue weighted by molar-refractivity contribution is -0.900. The third-order valence-corrected chi connectivity index (χ3v) is 5.01. The number of nitrogens with one attached hydrogen (secondary N) is 2. The molecule has 1 rings (SSSR count). The highest BCUT2D eigenvalue weighted by atomic mass is 19.2. The molecule has 4 nitrogen and oxygen atoms in total. The minimum absolute atomic E-state index is 0.0451. The first-order valence-corrected chi connectivity index (χ1v) is 12.5. The van der Waals surface area contributed by atoms with Crippen LogP contribution >= 0.6 is 0 Å². The van der Waals surface area contributed by atoms with E-state index in [4.69, 9.17) is 0 Å². The van der Waals surface area contributed by atoms with Crippen LogP contribution in [0.25, 0.3) is 0 Å². The minimum atomic E-state index is -3.02. The zero-order chi connectivity index (χ0) is 25.8. The zero-order valence-corrected chi connectivity index (χ0v) is 21.5. The summed E-state index contributed by atoms with van der Waals surface area (Å²) >= 11 is 0. The molecule has 2 N–H and O–H groups in total. The second kappa shape index (κ2) is 21.4. The standard InChI is InChI=1S/2C9H21N.C6HBF4O2/c2*1-4-7-10(8-5-2)9-6-3;8-2-1-3(9)5(10)6(11)4(2)7(12)13/h2*4-9H2,1-3H3;1H/q;;-2/p+2. The molecule has 33 heavy (non-hydrogen) atoms. The normalized spacial score (nSPS) is 10.6. The Labute approximate surface area is 199 Å². The molecule has 0 unspecified atom stereocenters. The molecule has 0 fully saturated rings. The summed E-state index contributed by atoms with van der Waals surface area (Å²) in [6, 6.07) is -0.0451. The first-order chi connectivity index (χ1) is 15.6. The highest BCUT2D eigenvalue weighted by molar-refractivity contribution is 6.55. The van der Waals surface area contributed by atoms with Gasteiger partial charge in [-0.05, 0) is 38.5 Å². The summed E-state index contributed by atoms with van der Waals surface area (Å²) in [7, 11) is -3.02. The maximum atomic E-state index is 12.5. The molecule has 1 aromatic carbocycles. The van der Waals surface area contributed by atoms with Crippen LogP contribution in [-0.4, -0.2) is 46.4 Å². The van der Waals surface area contributed by atoms with Gasteiger partial charge in [-0.1, -0.05) is 54.1 Å². The van der Waals surface area contributed by atoms with Crippen molar-refractivity contribution in [1.82, 2.24) is 0 Å². The Morgan fingerprint density at radius 1 is 0.576 bits per heavy atom. The van der Waals surface area contributed by atoms with Gasteiger partial charge in [0, 0.05) is 6.07 Å². The molecule has 0 saturated carbocycles. The summed E-state index contributed by atoms with van der Waals surface area (Å²) < 4.78 is 49.6. The number of hydrogen-bond donors (Lipinski definition) is 2. The quantitative estimate of drug-likeness (QED) is 0.191. The SMILES string of the molecule is CCC[NH+](CCC)CCC.CCC[NH+](CCC)CCC.[O-]B([O-])c1c(F)cc(F)c(F)c1F. The fourth-order valence-corrected chi connectivity index (χ4v) is 3.67. The summed E-state index contributed by atoms with van der Waals surface area (Å²) in [5.74, 6) is -7.54. The van der Waals surface area contributed by atoms with Crippen LogP contribution < -0.4 is 25.3 Å². The number of hydrogen-bond acceptors (Lipinski definition) is 2. The van der Waals surface area contributed by atoms with Crippen molar-refractivity contribution in [3.8, 4) is 0 Å². The van der Waals surface area contributed by atoms with Crippen LogP contribution in [0.5, 0.6) is 0 Å². The molecule has 0 amide bonds. The highest BCUT2D eigenvalue weighted by Gasteiger charge is 2.16. The van der Waals surface area contributed by atoms with Gasteiger partial charge in [0.2, 0.25) is 0 Å². The van der Waals surface area contributed by atoms with Gasteiger partial charge in [-0.15, -0.1) is 0 Å². The van der Waals surface area contributed by atoms with E-state index in [2.05, 4.69) is 41.5 Å². The fourth-order valence-electron chi connectivity index (χ4n) is 3.67. The van der Waals surface area contributed by atoms with Crippen LogP contribution in [-0.2, 0) is 0 Å². The summed E-state index contributed by atoms with van der Waals surface area (Å²) in [6.45, 7) is 21.8. The van der Waals surface area contributed by atoms with Crippen molar-refractivity contribution >= 4 is 12.6 Å². The van der Waals surface area contributed by atoms with Gasteiger partial charge in [0.25, 0.3) is 0 Å². The lowest BCUT2D eigenvalue weighted by Gasteiger charge is -2.27. The van der Waals surface area contributed by atoms with Crippen LogP contribution in [0.15, 0.2) is 6.07 Å². The van der Waals surface area contributed by atoms with E-state index in [-0.39, 0.29) is 6.07 Å². The molecule has 1 aromatic rings. The average Bonchev–Trinajstić information content (AvgIpc) is 2.74. The summed E-state index contributed by atoms with van der Waals surface area (Å²) in [6.07, 6.45) is 7.97. The Hall–Kier alpha value is -1.16. The average molecular weight is 480 g/mol. The molecule has 0 aliphatic rings. The molecule has 0 spiro atoms. The Morgan fingerprint density at radius 3 is 1.12 bits per heavy atom. The van der Waals surface area contributed by atoms with Crippen molar-refractivity contribution in [2.75, 3.05) is 39.3 Å². The van der Waals surface area contributed by atoms with Crippen molar-refractivity contribution in [3.63, 3.8) is 0 Å². The summed E-state index contributed by atoms with van der Waals surface area (Å²) in [4.78, 5) is 3.57. The summed E-state index contributed by atoms with van der Waals surface area (Å²) in [5, 5.41) is 20.2. The van der Waals surface area contributed by atoms with E-state index in [1.165, 1.54) is 77.8 Å². The smallest absolute Gasteiger partial charge is 0.193 e. The summed E-state index contributed by atoms with van der Waals surface area (Å²) in [5.41, 5.74) is -1.53. The Kier molecular flexibility index (Phi) is 22.0. The molecular formula is C24H45BF4N2O2. The predicted molar refractivity (Wildman–Crippen MR) is 125 cm³/mol. The van der Waals surface area contributed by atoms with Crippen molar-refractivity contribution in [2.24, 2.45) is 0 Å². The number of quaternary nitrogens is 2. The first kappa shape index (κ1) is 34.0. The van der Waals surface area contributed by atoms with Crippen LogP contribution in [0.4, 0.5) is 17.6 Å². The molecule has 0 bridgehead atoms. The molecular weight excluding hydrogens is 435 g/mol. The van der Waals surface area contributed by atoms with Crippen molar-refractivity contribution in [1.29, 1.82) is 0 Å².